The van der Waals surface area contributed by atoms with E-state index in [9.17, 15) is 4.79 Å². The van der Waals surface area contributed by atoms with Gasteiger partial charge in [-0.05, 0) is 49.4 Å². The summed E-state index contributed by atoms with van der Waals surface area (Å²) in [5.41, 5.74) is 6.23. The molecular formula is C15H28N2O2. The van der Waals surface area contributed by atoms with Crippen LogP contribution in [0.1, 0.15) is 46.0 Å². The van der Waals surface area contributed by atoms with Crippen molar-refractivity contribution in [2.24, 2.45) is 28.9 Å². The van der Waals surface area contributed by atoms with Crippen molar-refractivity contribution in [2.75, 3.05) is 13.2 Å². The molecule has 2 aliphatic carbocycles. The van der Waals surface area contributed by atoms with E-state index < -0.39 is 0 Å². The van der Waals surface area contributed by atoms with Crippen molar-refractivity contribution in [3.05, 3.63) is 0 Å². The maximum atomic E-state index is 12.3. The van der Waals surface area contributed by atoms with Gasteiger partial charge < -0.3 is 16.2 Å². The van der Waals surface area contributed by atoms with Crippen LogP contribution in [0.2, 0.25) is 0 Å². The number of nitrogens with one attached hydrogen (secondary N) is 1. The van der Waals surface area contributed by atoms with Crippen molar-refractivity contribution < 1.29 is 9.90 Å². The average Bonchev–Trinajstić information content (AvgIpc) is 2.94. The summed E-state index contributed by atoms with van der Waals surface area (Å²) in [7, 11) is 0. The zero-order chi connectivity index (χ0) is 14.0. The van der Waals surface area contributed by atoms with E-state index in [1.165, 1.54) is 12.8 Å². The van der Waals surface area contributed by atoms with Gasteiger partial charge in [-0.3, -0.25) is 4.79 Å². The van der Waals surface area contributed by atoms with Gasteiger partial charge in [-0.15, -0.1) is 0 Å². The zero-order valence-corrected chi connectivity index (χ0v) is 12.2. The van der Waals surface area contributed by atoms with Crippen LogP contribution >= 0.6 is 0 Å². The third-order valence-electron chi connectivity index (χ3n) is 5.04. The van der Waals surface area contributed by atoms with Gasteiger partial charge in [0.1, 0.15) is 0 Å². The molecule has 4 N–H and O–H groups in total. The lowest BCUT2D eigenvalue weighted by Crippen LogP contribution is -2.47. The second-order valence-corrected chi connectivity index (χ2v) is 7.15. The van der Waals surface area contributed by atoms with Crippen LogP contribution in [0.25, 0.3) is 0 Å². The lowest BCUT2D eigenvalue weighted by molar-refractivity contribution is -0.127. The summed E-state index contributed by atoms with van der Waals surface area (Å²) in [5.74, 6) is 1.27. The van der Waals surface area contributed by atoms with E-state index in [0.717, 1.165) is 19.3 Å². The molecule has 4 unspecified atom stereocenters. The number of nitrogens with two attached hydrogens (primary N) is 1. The topological polar surface area (TPSA) is 75.3 Å². The fourth-order valence-corrected chi connectivity index (χ4v) is 3.82. The largest absolute Gasteiger partial charge is 0.396 e. The minimum absolute atomic E-state index is 0.0346. The quantitative estimate of drug-likeness (QED) is 0.679. The molecule has 2 rings (SSSR count). The summed E-state index contributed by atoms with van der Waals surface area (Å²) < 4.78 is 0. The van der Waals surface area contributed by atoms with Crippen LogP contribution in [0.15, 0.2) is 0 Å². The Hall–Kier alpha value is -0.610. The van der Waals surface area contributed by atoms with E-state index in [-0.39, 0.29) is 29.9 Å². The molecular weight excluding hydrogens is 240 g/mol. The Balaban J connectivity index is 1.81. The lowest BCUT2D eigenvalue weighted by atomic mass is 9.83. The molecule has 0 aromatic carbocycles. The molecule has 4 heteroatoms. The van der Waals surface area contributed by atoms with Crippen LogP contribution in [0, 0.1) is 23.2 Å². The fourth-order valence-electron chi connectivity index (χ4n) is 3.82. The second-order valence-electron chi connectivity index (χ2n) is 7.15. The van der Waals surface area contributed by atoms with Gasteiger partial charge in [-0.1, -0.05) is 13.8 Å². The van der Waals surface area contributed by atoms with Crippen LogP contribution in [-0.4, -0.2) is 30.2 Å². The number of aliphatic hydroxyl groups excluding tert-OH is 1. The van der Waals surface area contributed by atoms with Gasteiger partial charge in [0.15, 0.2) is 0 Å². The van der Waals surface area contributed by atoms with Crippen molar-refractivity contribution in [3.8, 4) is 0 Å². The molecule has 0 spiro atoms. The predicted octanol–water partition coefficient (Wildman–Crippen LogP) is 1.27. The summed E-state index contributed by atoms with van der Waals surface area (Å²) >= 11 is 0. The van der Waals surface area contributed by atoms with Gasteiger partial charge in [-0.25, -0.2) is 0 Å². The fraction of sp³-hybridized carbons (Fsp3) is 0.933. The number of amides is 1. The summed E-state index contributed by atoms with van der Waals surface area (Å²) in [6, 6.07) is 0.0688. The molecule has 0 aromatic rings. The maximum absolute atomic E-state index is 12.3. The van der Waals surface area contributed by atoms with Crippen molar-refractivity contribution in [1.29, 1.82) is 0 Å². The summed E-state index contributed by atoms with van der Waals surface area (Å²) in [4.78, 5) is 12.3. The molecule has 2 bridgehead atoms. The Morgan fingerprint density at radius 2 is 2.05 bits per heavy atom. The molecule has 110 valence electrons. The van der Waals surface area contributed by atoms with Crippen LogP contribution < -0.4 is 11.1 Å². The van der Waals surface area contributed by atoms with Crippen LogP contribution in [0.4, 0.5) is 0 Å². The molecule has 19 heavy (non-hydrogen) atoms. The minimum Gasteiger partial charge on any atom is -0.396 e. The number of rotatable bonds is 6. The number of carbonyl (C=O) groups is 1. The van der Waals surface area contributed by atoms with E-state index in [1.54, 1.807) is 0 Å². The van der Waals surface area contributed by atoms with Crippen molar-refractivity contribution in [1.82, 2.24) is 5.32 Å². The first-order valence-corrected chi connectivity index (χ1v) is 7.59. The van der Waals surface area contributed by atoms with Gasteiger partial charge in [-0.2, -0.15) is 0 Å². The average molecular weight is 268 g/mol. The highest BCUT2D eigenvalue weighted by molar-refractivity contribution is 5.80. The smallest absolute Gasteiger partial charge is 0.224 e. The third kappa shape index (κ3) is 3.29. The molecule has 1 amide bonds. The molecule has 2 aliphatic rings. The normalized spacial score (nSPS) is 33.7. The zero-order valence-electron chi connectivity index (χ0n) is 12.2. The molecule has 0 aromatic heterocycles. The molecule has 4 nitrogen and oxygen atoms in total. The molecule has 0 heterocycles. The minimum atomic E-state index is 0.0346. The second kappa shape index (κ2) is 5.80. The van der Waals surface area contributed by atoms with E-state index >= 15 is 0 Å². The van der Waals surface area contributed by atoms with E-state index in [2.05, 4.69) is 19.2 Å². The summed E-state index contributed by atoms with van der Waals surface area (Å²) in [6.45, 7) is 5.15. The molecule has 4 atom stereocenters. The van der Waals surface area contributed by atoms with Gasteiger partial charge in [0, 0.05) is 19.2 Å². The number of hydrogen-bond donors (Lipinski definition) is 3. The molecule has 0 saturated heterocycles. The van der Waals surface area contributed by atoms with Crippen molar-refractivity contribution >= 4 is 5.91 Å². The predicted molar refractivity (Wildman–Crippen MR) is 75.4 cm³/mol. The first-order valence-electron chi connectivity index (χ1n) is 7.59. The van der Waals surface area contributed by atoms with Crippen LogP contribution in [0.3, 0.4) is 0 Å². The van der Waals surface area contributed by atoms with Gasteiger partial charge in [0.25, 0.3) is 0 Å². The van der Waals surface area contributed by atoms with E-state index in [4.69, 9.17) is 10.8 Å². The molecule has 2 fully saturated rings. The third-order valence-corrected chi connectivity index (χ3v) is 5.04. The maximum Gasteiger partial charge on any atom is 0.224 e. The van der Waals surface area contributed by atoms with Crippen LogP contribution in [0.5, 0.6) is 0 Å². The van der Waals surface area contributed by atoms with Gasteiger partial charge in [0.2, 0.25) is 5.91 Å². The first-order chi connectivity index (χ1) is 8.94. The number of aliphatic hydroxyl groups is 1. The lowest BCUT2D eigenvalue weighted by Gasteiger charge is -2.30. The van der Waals surface area contributed by atoms with Crippen molar-refractivity contribution in [2.45, 2.75) is 52.0 Å². The SMILES string of the molecule is CC(C)(CCCO)CNC(=O)C1C2CCC(C2)C1N. The number of carbonyl (C=O) groups excluding carboxylic acids is 1. The van der Waals surface area contributed by atoms with Crippen molar-refractivity contribution in [3.63, 3.8) is 0 Å². The molecule has 2 saturated carbocycles. The van der Waals surface area contributed by atoms with E-state index in [0.29, 0.717) is 18.4 Å². The van der Waals surface area contributed by atoms with Crippen LogP contribution in [-0.2, 0) is 4.79 Å². The Morgan fingerprint density at radius 3 is 2.63 bits per heavy atom. The standard InChI is InChI=1S/C15H28N2O2/c1-15(2,6-3-7-18)9-17-14(19)12-10-4-5-11(8-10)13(12)16/h10-13,18H,3-9,16H2,1-2H3,(H,17,19). The summed E-state index contributed by atoms with van der Waals surface area (Å²) in [5, 5.41) is 12.0. The monoisotopic (exact) mass is 268 g/mol. The Labute approximate surface area is 116 Å². The highest BCUT2D eigenvalue weighted by Crippen LogP contribution is 2.47. The first kappa shape index (κ1) is 14.8. The Kier molecular flexibility index (Phi) is 4.51. The highest BCUT2D eigenvalue weighted by Gasteiger charge is 2.49. The van der Waals surface area contributed by atoms with E-state index in [1.807, 2.05) is 0 Å². The number of fused-ring (bicyclic) bond motifs is 2. The summed E-state index contributed by atoms with van der Waals surface area (Å²) in [6.07, 6.45) is 5.23. The molecule has 0 radical (unpaired) electrons. The van der Waals surface area contributed by atoms with Gasteiger partial charge in [0.05, 0.1) is 5.92 Å². The van der Waals surface area contributed by atoms with Gasteiger partial charge >= 0.3 is 0 Å². The number of hydrogen-bond acceptors (Lipinski definition) is 3. The highest BCUT2D eigenvalue weighted by atomic mass is 16.2. The Morgan fingerprint density at radius 1 is 1.37 bits per heavy atom. The molecule has 0 aliphatic heterocycles. The Bertz CT molecular complexity index is 328.